The molecule has 0 N–H and O–H groups in total. The van der Waals surface area contributed by atoms with Gasteiger partial charge in [0.25, 0.3) is 0 Å². The lowest BCUT2D eigenvalue weighted by molar-refractivity contribution is -0.697. The molecule has 0 saturated heterocycles. The Hall–Kier alpha value is -1.36. The van der Waals surface area contributed by atoms with Gasteiger partial charge < -0.3 is 11.8 Å². The van der Waals surface area contributed by atoms with E-state index in [1.165, 1.54) is 37.7 Å². The lowest BCUT2D eigenvalue weighted by Gasteiger charge is -1.99. The third-order valence-electron chi connectivity index (χ3n) is 2.51. The van der Waals surface area contributed by atoms with Crippen molar-refractivity contribution in [2.75, 3.05) is 0 Å². The number of pyridine rings is 1. The van der Waals surface area contributed by atoms with Crippen LogP contribution in [0.1, 0.15) is 45.1 Å². The highest BCUT2D eigenvalue weighted by Crippen LogP contribution is 2.01. The molecule has 16 heavy (non-hydrogen) atoms. The summed E-state index contributed by atoms with van der Waals surface area (Å²) in [6, 6.07) is 4.40. The van der Waals surface area contributed by atoms with Crippen LogP contribution in [0.15, 0.2) is 24.5 Å². The van der Waals surface area contributed by atoms with Crippen molar-refractivity contribution in [2.24, 2.45) is 0 Å². The Morgan fingerprint density at radius 1 is 1.19 bits per heavy atom. The molecule has 2 nitrogen and oxygen atoms in total. The van der Waals surface area contributed by atoms with Crippen molar-refractivity contribution in [3.05, 3.63) is 36.7 Å². The molecule has 1 aromatic heterocycles. The fraction of sp³-hybridized carbons (Fsp3) is 0.571. The monoisotopic (exact) mass is 218 g/mol. The molecule has 1 aromatic rings. The van der Waals surface area contributed by atoms with Gasteiger partial charge in [-0.3, -0.25) is 0 Å². The molecular weight excluding hydrogens is 196 g/mol. The van der Waals surface area contributed by atoms with Gasteiger partial charge in [0.1, 0.15) is 6.54 Å². The van der Waals surface area contributed by atoms with Gasteiger partial charge in [-0.1, -0.05) is 26.7 Å². The number of hydrogen-bond acceptors (Lipinski definition) is 1. The van der Waals surface area contributed by atoms with Gasteiger partial charge in [-0.15, -0.1) is 0 Å². The molecule has 2 heteroatoms. The molecule has 0 atom stereocenters. The van der Waals surface area contributed by atoms with Crippen LogP contribution in [-0.2, 0) is 13.0 Å². The Morgan fingerprint density at radius 3 is 2.50 bits per heavy atom. The highest BCUT2D eigenvalue weighted by Gasteiger charge is 2.01. The van der Waals surface area contributed by atoms with E-state index in [2.05, 4.69) is 42.9 Å². The van der Waals surface area contributed by atoms with Crippen LogP contribution in [0, 0.1) is 11.8 Å². The summed E-state index contributed by atoms with van der Waals surface area (Å²) in [6.45, 7) is 10.4. The quantitative estimate of drug-likeness (QED) is 0.532. The van der Waals surface area contributed by atoms with Gasteiger partial charge in [-0.2, -0.15) is 0 Å². The van der Waals surface area contributed by atoms with Crippen molar-refractivity contribution >= 4 is 0 Å². The van der Waals surface area contributed by atoms with E-state index in [1.54, 1.807) is 0 Å². The first kappa shape index (κ1) is 14.6. The maximum absolute atomic E-state index is 6.25. The van der Waals surface area contributed by atoms with Crippen molar-refractivity contribution in [3.63, 3.8) is 0 Å². The molecule has 1 heterocycles. The highest BCUT2D eigenvalue weighted by molar-refractivity contribution is 5.05. The van der Waals surface area contributed by atoms with Crippen LogP contribution in [0.2, 0.25) is 0 Å². The molecule has 0 fully saturated rings. The van der Waals surface area contributed by atoms with Gasteiger partial charge in [0.15, 0.2) is 12.4 Å². The first-order chi connectivity index (χ1) is 7.86. The molecule has 0 bridgehead atoms. The van der Waals surface area contributed by atoms with E-state index >= 15 is 0 Å². The summed E-state index contributed by atoms with van der Waals surface area (Å²) in [4.78, 5) is 0. The molecule has 0 radical (unpaired) electrons. The summed E-state index contributed by atoms with van der Waals surface area (Å²) in [6.07, 6.45) is 10.8. The first-order valence-corrected chi connectivity index (χ1v) is 6.07. The van der Waals surface area contributed by atoms with E-state index in [4.69, 9.17) is 11.8 Å². The molecule has 88 valence electrons. The summed E-state index contributed by atoms with van der Waals surface area (Å²) in [7, 11) is 0. The van der Waals surface area contributed by atoms with E-state index < -0.39 is 0 Å². The largest absolute Gasteiger partial charge is 0.512 e. The minimum Gasteiger partial charge on any atom is -0.512 e. The van der Waals surface area contributed by atoms with Gasteiger partial charge in [-0.25, -0.2) is 4.57 Å². The van der Waals surface area contributed by atoms with Crippen molar-refractivity contribution in [1.29, 1.82) is 5.26 Å². The molecule has 0 amide bonds. The van der Waals surface area contributed by atoms with Gasteiger partial charge in [0.2, 0.25) is 0 Å². The number of aromatic nitrogens is 1. The normalized spacial score (nSPS) is 9.25. The predicted molar refractivity (Wildman–Crippen MR) is 65.1 cm³/mol. The minimum absolute atomic E-state index is 1.16. The van der Waals surface area contributed by atoms with Crippen molar-refractivity contribution in [2.45, 2.75) is 52.5 Å². The second-order valence-corrected chi connectivity index (χ2v) is 3.91. The van der Waals surface area contributed by atoms with E-state index in [-0.39, 0.29) is 0 Å². The molecular formula is C14H22N2. The Morgan fingerprint density at radius 2 is 1.88 bits per heavy atom. The van der Waals surface area contributed by atoms with Gasteiger partial charge in [-0.05, 0) is 18.9 Å². The topological polar surface area (TPSA) is 27.7 Å². The summed E-state index contributed by atoms with van der Waals surface area (Å²) >= 11 is 0. The summed E-state index contributed by atoms with van der Waals surface area (Å²) < 4.78 is 2.31. The van der Waals surface area contributed by atoms with Crippen molar-refractivity contribution < 1.29 is 4.57 Å². The predicted octanol–water partition coefficient (Wildman–Crippen LogP) is 3.21. The highest BCUT2D eigenvalue weighted by atomic mass is 14.9. The SMILES string of the molecule is CCCCc1ccc[n+](CCCC)c1.[C-]#N. The fourth-order valence-electron chi connectivity index (χ4n) is 1.58. The third-order valence-corrected chi connectivity index (χ3v) is 2.51. The van der Waals surface area contributed by atoms with Crippen LogP contribution in [0.3, 0.4) is 0 Å². The van der Waals surface area contributed by atoms with Crippen LogP contribution in [0.4, 0.5) is 0 Å². The maximum atomic E-state index is 6.25. The Labute approximate surface area is 99.5 Å². The zero-order chi connectivity index (χ0) is 12.2. The molecule has 0 aliphatic carbocycles. The zero-order valence-electron chi connectivity index (χ0n) is 10.4. The Balaban J connectivity index is 0.00000106. The molecule has 0 aromatic carbocycles. The van der Waals surface area contributed by atoms with Crippen LogP contribution >= 0.6 is 0 Å². The van der Waals surface area contributed by atoms with Gasteiger partial charge in [0, 0.05) is 18.1 Å². The van der Waals surface area contributed by atoms with E-state index in [9.17, 15) is 0 Å². The summed E-state index contributed by atoms with van der Waals surface area (Å²) in [5.74, 6) is 0. The Kier molecular flexibility index (Phi) is 9.30. The summed E-state index contributed by atoms with van der Waals surface area (Å²) in [5, 5.41) is 6.25. The minimum atomic E-state index is 1.16. The van der Waals surface area contributed by atoms with E-state index in [0.717, 1.165) is 6.54 Å². The summed E-state index contributed by atoms with van der Waals surface area (Å²) in [5.41, 5.74) is 1.48. The number of hydrogen-bond donors (Lipinski definition) is 0. The van der Waals surface area contributed by atoms with Gasteiger partial charge in [0.05, 0.1) is 0 Å². The molecule has 1 rings (SSSR count). The van der Waals surface area contributed by atoms with Crippen LogP contribution < -0.4 is 4.57 Å². The second kappa shape index (κ2) is 10.2. The molecule has 0 aliphatic heterocycles. The lowest BCUT2D eigenvalue weighted by atomic mass is 10.1. The van der Waals surface area contributed by atoms with E-state index in [0.29, 0.717) is 0 Å². The molecule has 0 spiro atoms. The first-order valence-electron chi connectivity index (χ1n) is 6.07. The standard InChI is InChI=1S/C13H22N.CN/c1-3-5-8-13-9-7-11-14(12-13)10-6-4-2;1-2/h7,9,11-12H,3-6,8,10H2,1-2H3;/q+1;-1. The number of nitrogens with zero attached hydrogens (tertiary/aromatic N) is 2. The van der Waals surface area contributed by atoms with Gasteiger partial charge >= 0.3 is 0 Å². The van der Waals surface area contributed by atoms with Crippen molar-refractivity contribution in [3.8, 4) is 0 Å². The average Bonchev–Trinajstić information content (AvgIpc) is 2.37. The number of aryl methyl sites for hydroxylation is 2. The number of rotatable bonds is 6. The lowest BCUT2D eigenvalue weighted by Crippen LogP contribution is -2.33. The van der Waals surface area contributed by atoms with Crippen molar-refractivity contribution in [1.82, 2.24) is 0 Å². The molecule has 0 unspecified atom stereocenters. The smallest absolute Gasteiger partial charge is 0.171 e. The number of unbranched alkanes of at least 4 members (excludes halogenated alkanes) is 2. The second-order valence-electron chi connectivity index (χ2n) is 3.91. The van der Waals surface area contributed by atoms with E-state index in [1.807, 2.05) is 0 Å². The zero-order valence-corrected chi connectivity index (χ0v) is 10.4. The average molecular weight is 218 g/mol. The fourth-order valence-corrected chi connectivity index (χ4v) is 1.58. The third kappa shape index (κ3) is 6.19. The maximum Gasteiger partial charge on any atom is 0.171 e. The van der Waals surface area contributed by atoms with Crippen LogP contribution in [-0.4, -0.2) is 0 Å². The molecule has 0 aliphatic rings. The van der Waals surface area contributed by atoms with Crippen LogP contribution in [0.25, 0.3) is 0 Å². The molecule has 0 saturated carbocycles. The van der Waals surface area contributed by atoms with Crippen LogP contribution in [0.5, 0.6) is 0 Å². The Bertz CT molecular complexity index is 269.